The van der Waals surface area contributed by atoms with E-state index in [4.69, 9.17) is 9.84 Å². The third-order valence-corrected chi connectivity index (χ3v) is 3.10. The molecule has 0 bridgehead atoms. The predicted octanol–water partition coefficient (Wildman–Crippen LogP) is 0.870. The van der Waals surface area contributed by atoms with Crippen molar-refractivity contribution < 1.29 is 19.4 Å². The van der Waals surface area contributed by atoms with Crippen LogP contribution in [0.25, 0.3) is 0 Å². The van der Waals surface area contributed by atoms with Crippen molar-refractivity contribution in [3.8, 4) is 0 Å². The van der Waals surface area contributed by atoms with Crippen LogP contribution in [-0.2, 0) is 9.53 Å². The van der Waals surface area contributed by atoms with E-state index in [-0.39, 0.29) is 24.4 Å². The maximum Gasteiger partial charge on any atom is 0.320 e. The second kappa shape index (κ2) is 6.58. The van der Waals surface area contributed by atoms with Crippen LogP contribution in [0.5, 0.6) is 0 Å². The van der Waals surface area contributed by atoms with E-state index in [1.807, 2.05) is 13.8 Å². The van der Waals surface area contributed by atoms with Gasteiger partial charge in [-0.3, -0.25) is 4.79 Å². The fourth-order valence-corrected chi connectivity index (χ4v) is 2.05. The van der Waals surface area contributed by atoms with Crippen molar-refractivity contribution >= 4 is 12.0 Å². The second-order valence-electron chi connectivity index (χ2n) is 4.93. The van der Waals surface area contributed by atoms with Crippen molar-refractivity contribution in [2.75, 3.05) is 33.4 Å². The molecule has 1 rings (SSSR count). The lowest BCUT2D eigenvalue weighted by Crippen LogP contribution is -2.57. The van der Waals surface area contributed by atoms with Crippen LogP contribution in [0.2, 0.25) is 0 Å². The number of amides is 2. The first-order chi connectivity index (χ1) is 8.45. The van der Waals surface area contributed by atoms with Crippen molar-refractivity contribution in [1.82, 2.24) is 9.80 Å². The lowest BCUT2D eigenvalue weighted by Gasteiger charge is -2.42. The first-order valence-corrected chi connectivity index (χ1v) is 6.22. The molecule has 0 atom stereocenters. The minimum atomic E-state index is -0.799. The molecule has 0 radical (unpaired) electrons. The molecular weight excluding hydrogens is 236 g/mol. The highest BCUT2D eigenvalue weighted by molar-refractivity contribution is 5.76. The molecule has 1 aliphatic rings. The molecule has 0 aliphatic carbocycles. The van der Waals surface area contributed by atoms with Gasteiger partial charge in [-0.15, -0.1) is 0 Å². The number of nitrogens with zero attached hydrogens (tertiary/aromatic N) is 2. The van der Waals surface area contributed by atoms with Gasteiger partial charge >= 0.3 is 12.0 Å². The molecule has 0 aromatic heterocycles. The molecule has 2 amide bonds. The molecule has 0 unspecified atom stereocenters. The Bertz CT molecular complexity index is 300. The Balaban J connectivity index is 2.41. The minimum absolute atomic E-state index is 0.0244. The van der Waals surface area contributed by atoms with Crippen LogP contribution in [0.15, 0.2) is 0 Å². The Morgan fingerprint density at radius 2 is 2.06 bits per heavy atom. The standard InChI is InChI=1S/C12H22N2O4/c1-9(2)14(4-5-18-3)12(17)13-7-10(8-13)6-11(15)16/h9-10H,4-8H2,1-3H3,(H,15,16). The molecule has 0 saturated carbocycles. The number of hydrogen-bond acceptors (Lipinski definition) is 3. The molecule has 0 aromatic rings. The normalized spacial score (nSPS) is 15.7. The van der Waals surface area contributed by atoms with E-state index in [0.29, 0.717) is 26.2 Å². The van der Waals surface area contributed by atoms with Crippen molar-refractivity contribution in [2.45, 2.75) is 26.3 Å². The first kappa shape index (κ1) is 14.8. The summed E-state index contributed by atoms with van der Waals surface area (Å²) < 4.78 is 4.99. The number of hydrogen-bond donors (Lipinski definition) is 1. The van der Waals surface area contributed by atoms with E-state index in [2.05, 4.69) is 0 Å². The number of aliphatic carboxylic acids is 1. The molecule has 1 fully saturated rings. The van der Waals surface area contributed by atoms with Crippen LogP contribution < -0.4 is 0 Å². The molecule has 6 nitrogen and oxygen atoms in total. The SMILES string of the molecule is COCCN(C(=O)N1CC(CC(=O)O)C1)C(C)C. The minimum Gasteiger partial charge on any atom is -0.481 e. The molecule has 1 heterocycles. The van der Waals surface area contributed by atoms with Gasteiger partial charge in [-0.1, -0.05) is 0 Å². The van der Waals surface area contributed by atoms with Gasteiger partial charge in [0.2, 0.25) is 0 Å². The van der Waals surface area contributed by atoms with E-state index in [9.17, 15) is 9.59 Å². The zero-order valence-electron chi connectivity index (χ0n) is 11.3. The van der Waals surface area contributed by atoms with Gasteiger partial charge in [-0.2, -0.15) is 0 Å². The highest BCUT2D eigenvalue weighted by Gasteiger charge is 2.34. The van der Waals surface area contributed by atoms with Gasteiger partial charge in [0, 0.05) is 38.7 Å². The Kier molecular flexibility index (Phi) is 5.40. The summed E-state index contributed by atoms with van der Waals surface area (Å²) in [5.41, 5.74) is 0. The summed E-state index contributed by atoms with van der Waals surface area (Å²) >= 11 is 0. The highest BCUT2D eigenvalue weighted by Crippen LogP contribution is 2.21. The second-order valence-corrected chi connectivity index (χ2v) is 4.93. The molecule has 1 saturated heterocycles. The zero-order chi connectivity index (χ0) is 13.7. The van der Waals surface area contributed by atoms with Crippen LogP contribution >= 0.6 is 0 Å². The number of likely N-dealkylation sites (tertiary alicyclic amines) is 1. The van der Waals surface area contributed by atoms with Crippen LogP contribution in [0.4, 0.5) is 4.79 Å². The zero-order valence-corrected chi connectivity index (χ0v) is 11.3. The number of urea groups is 1. The topological polar surface area (TPSA) is 70.1 Å². The summed E-state index contributed by atoms with van der Waals surface area (Å²) in [4.78, 5) is 26.1. The maximum atomic E-state index is 12.2. The number of carbonyl (C=O) groups is 2. The molecule has 0 spiro atoms. The third kappa shape index (κ3) is 3.87. The molecule has 6 heteroatoms. The van der Waals surface area contributed by atoms with Crippen molar-refractivity contribution in [3.63, 3.8) is 0 Å². The number of carboxylic acid groups (broad SMARTS) is 1. The summed E-state index contributed by atoms with van der Waals surface area (Å²) in [6, 6.07) is 0.0925. The van der Waals surface area contributed by atoms with E-state index >= 15 is 0 Å². The quantitative estimate of drug-likeness (QED) is 0.767. The van der Waals surface area contributed by atoms with E-state index < -0.39 is 5.97 Å². The van der Waals surface area contributed by atoms with Crippen LogP contribution in [0.1, 0.15) is 20.3 Å². The van der Waals surface area contributed by atoms with Crippen LogP contribution in [0, 0.1) is 5.92 Å². The van der Waals surface area contributed by atoms with Gasteiger partial charge in [-0.05, 0) is 13.8 Å². The third-order valence-electron chi connectivity index (χ3n) is 3.10. The molecule has 18 heavy (non-hydrogen) atoms. The monoisotopic (exact) mass is 258 g/mol. The van der Waals surface area contributed by atoms with Crippen molar-refractivity contribution in [1.29, 1.82) is 0 Å². The predicted molar refractivity (Wildman–Crippen MR) is 66.4 cm³/mol. The fourth-order valence-electron chi connectivity index (χ4n) is 2.05. The lowest BCUT2D eigenvalue weighted by atomic mass is 9.97. The number of methoxy groups -OCH3 is 1. The van der Waals surface area contributed by atoms with Gasteiger partial charge < -0.3 is 19.6 Å². The molecule has 0 aromatic carbocycles. The number of rotatable bonds is 6. The molecule has 1 N–H and O–H groups in total. The summed E-state index contributed by atoms with van der Waals surface area (Å²) in [7, 11) is 1.61. The van der Waals surface area contributed by atoms with E-state index in [1.165, 1.54) is 0 Å². The Hall–Kier alpha value is -1.30. The summed E-state index contributed by atoms with van der Waals surface area (Å²) in [6.07, 6.45) is 0.142. The highest BCUT2D eigenvalue weighted by atomic mass is 16.5. The number of carbonyl (C=O) groups excluding carboxylic acids is 1. The average molecular weight is 258 g/mol. The van der Waals surface area contributed by atoms with Crippen LogP contribution in [0.3, 0.4) is 0 Å². The van der Waals surface area contributed by atoms with Gasteiger partial charge in [0.15, 0.2) is 0 Å². The summed E-state index contributed by atoms with van der Waals surface area (Å²) in [6.45, 7) is 6.08. The van der Waals surface area contributed by atoms with E-state index in [1.54, 1.807) is 16.9 Å². The fraction of sp³-hybridized carbons (Fsp3) is 0.833. The van der Waals surface area contributed by atoms with E-state index in [0.717, 1.165) is 0 Å². The molecule has 1 aliphatic heterocycles. The summed E-state index contributed by atoms with van der Waals surface area (Å²) in [5.74, 6) is -0.699. The molecule has 104 valence electrons. The lowest BCUT2D eigenvalue weighted by molar-refractivity contribution is -0.139. The number of carboxylic acids is 1. The Morgan fingerprint density at radius 1 is 1.44 bits per heavy atom. The smallest absolute Gasteiger partial charge is 0.320 e. The van der Waals surface area contributed by atoms with Crippen LogP contribution in [-0.4, -0.2) is 66.3 Å². The van der Waals surface area contributed by atoms with Gasteiger partial charge in [0.1, 0.15) is 0 Å². The van der Waals surface area contributed by atoms with Gasteiger partial charge in [0.25, 0.3) is 0 Å². The van der Waals surface area contributed by atoms with Crippen molar-refractivity contribution in [2.24, 2.45) is 5.92 Å². The Labute approximate surface area is 107 Å². The first-order valence-electron chi connectivity index (χ1n) is 6.22. The Morgan fingerprint density at radius 3 is 2.50 bits per heavy atom. The average Bonchev–Trinajstić information content (AvgIpc) is 2.22. The largest absolute Gasteiger partial charge is 0.481 e. The number of ether oxygens (including phenoxy) is 1. The van der Waals surface area contributed by atoms with Gasteiger partial charge in [0.05, 0.1) is 13.0 Å². The maximum absolute atomic E-state index is 12.2. The van der Waals surface area contributed by atoms with Gasteiger partial charge in [-0.25, -0.2) is 4.79 Å². The molecular formula is C12H22N2O4. The summed E-state index contributed by atoms with van der Waals surface area (Å²) in [5, 5.41) is 8.66. The van der Waals surface area contributed by atoms with Crippen molar-refractivity contribution in [3.05, 3.63) is 0 Å².